The van der Waals surface area contributed by atoms with Gasteiger partial charge in [-0.3, -0.25) is 4.79 Å². The van der Waals surface area contributed by atoms with Crippen LogP contribution in [0.25, 0.3) is 0 Å². The first-order valence-electron chi connectivity index (χ1n) is 11.7. The summed E-state index contributed by atoms with van der Waals surface area (Å²) in [5.41, 5.74) is 0. The third-order valence-electron chi connectivity index (χ3n) is 3.83. The molecule has 1 N–H and O–H groups in total. The Balaban J connectivity index is 1.97. The Bertz CT molecular complexity index is 580. The molecule has 0 bridgehead atoms. The molecule has 0 heterocycles. The zero-order valence-corrected chi connectivity index (χ0v) is 15.7. The zero-order valence-electron chi connectivity index (χ0n) is 19.7. The van der Waals surface area contributed by atoms with E-state index in [4.69, 9.17) is 5.48 Å². The molecule has 140 valence electrons. The van der Waals surface area contributed by atoms with Gasteiger partial charge in [-0.25, -0.2) is 0 Å². The van der Waals surface area contributed by atoms with E-state index in [1.54, 1.807) is 0 Å². The van der Waals surface area contributed by atoms with Crippen LogP contribution in [0.15, 0.2) is 48.6 Å². The van der Waals surface area contributed by atoms with E-state index in [2.05, 4.69) is 54.8 Å². The highest BCUT2D eigenvalue weighted by Crippen LogP contribution is 2.18. The third-order valence-corrected chi connectivity index (χ3v) is 3.83. The predicted octanol–water partition coefficient (Wildman–Crippen LogP) is 6.41. The van der Waals surface area contributed by atoms with Crippen molar-refractivity contribution < 1.29 is 10.3 Å². The standard InChI is InChI=1S/C23H37NO/c1-2-3-4-5-6-7-8-9-10-11-12-13-14-15-16-17-18-19-23(25)24-22-20-21-22/h6-7,9-10,12-13,15-16,22H,2-5,8,11,14,17-21H2,1H3,(H,24,25)/b7-6-,10-9-,13-12-,16-15-/i20D2,21D2. The topological polar surface area (TPSA) is 29.1 Å². The Labute approximate surface area is 160 Å². The second kappa shape index (κ2) is 15.9. The smallest absolute Gasteiger partial charge is 0.220 e. The number of nitrogens with one attached hydrogen (secondary N) is 1. The van der Waals surface area contributed by atoms with Crippen LogP contribution in [0.2, 0.25) is 0 Å². The summed E-state index contributed by atoms with van der Waals surface area (Å²) in [5, 5.41) is 2.45. The van der Waals surface area contributed by atoms with Gasteiger partial charge in [0, 0.05) is 17.9 Å². The van der Waals surface area contributed by atoms with Gasteiger partial charge in [0.1, 0.15) is 0 Å². The van der Waals surface area contributed by atoms with Gasteiger partial charge in [0.2, 0.25) is 5.91 Å². The molecule has 0 radical (unpaired) electrons. The van der Waals surface area contributed by atoms with Crippen LogP contribution >= 0.6 is 0 Å². The average Bonchev–Trinajstić information content (AvgIpc) is 3.06. The Morgan fingerprint density at radius 1 is 0.880 bits per heavy atom. The largest absolute Gasteiger partial charge is 0.353 e. The van der Waals surface area contributed by atoms with Crippen LogP contribution < -0.4 is 5.32 Å². The highest BCUT2D eigenvalue weighted by atomic mass is 16.1. The lowest BCUT2D eigenvalue weighted by atomic mass is 10.2. The molecule has 0 unspecified atom stereocenters. The van der Waals surface area contributed by atoms with Crippen LogP contribution in [0, 0.1) is 0 Å². The first kappa shape index (κ1) is 15.7. The Hall–Kier alpha value is -1.57. The van der Waals surface area contributed by atoms with E-state index in [1.807, 2.05) is 6.08 Å². The van der Waals surface area contributed by atoms with Crippen molar-refractivity contribution in [1.29, 1.82) is 0 Å². The van der Waals surface area contributed by atoms with Crippen molar-refractivity contribution in [3.05, 3.63) is 48.6 Å². The maximum Gasteiger partial charge on any atom is 0.220 e. The summed E-state index contributed by atoms with van der Waals surface area (Å²) in [6, 6.07) is -1.01. The minimum Gasteiger partial charge on any atom is -0.353 e. The summed E-state index contributed by atoms with van der Waals surface area (Å²) < 4.78 is 29.8. The van der Waals surface area contributed by atoms with E-state index >= 15 is 0 Å². The summed E-state index contributed by atoms with van der Waals surface area (Å²) >= 11 is 0. The van der Waals surface area contributed by atoms with Crippen molar-refractivity contribution in [3.8, 4) is 0 Å². The molecule has 0 saturated heterocycles. The first-order valence-corrected chi connectivity index (χ1v) is 9.73. The first-order chi connectivity index (χ1) is 13.8. The minimum atomic E-state index is -1.95. The Kier molecular flexibility index (Phi) is 9.98. The molecule has 1 saturated carbocycles. The van der Waals surface area contributed by atoms with E-state index in [1.165, 1.54) is 25.7 Å². The number of hydrogen-bond donors (Lipinski definition) is 1. The molecule has 2 nitrogen and oxygen atoms in total. The molecule has 0 spiro atoms. The van der Waals surface area contributed by atoms with Gasteiger partial charge in [0.05, 0.1) is 0 Å². The molecule has 0 aliphatic heterocycles. The number of unbranched alkanes of at least 4 members (excludes halogenated alkanes) is 4. The molecule has 1 aliphatic carbocycles. The van der Waals surface area contributed by atoms with Crippen LogP contribution in [0.1, 0.15) is 89.4 Å². The predicted molar refractivity (Wildman–Crippen MR) is 110 cm³/mol. The van der Waals surface area contributed by atoms with E-state index in [-0.39, 0.29) is 5.91 Å². The quantitative estimate of drug-likeness (QED) is 0.269. The maximum atomic E-state index is 11.7. The zero-order chi connectivity index (χ0) is 21.6. The molecule has 25 heavy (non-hydrogen) atoms. The number of carbonyl (C=O) groups excluding carboxylic acids is 1. The van der Waals surface area contributed by atoms with Crippen molar-refractivity contribution >= 4 is 5.91 Å². The normalized spacial score (nSPS) is 21.6. The molecular formula is C23H37NO. The lowest BCUT2D eigenvalue weighted by molar-refractivity contribution is -0.121. The van der Waals surface area contributed by atoms with Crippen molar-refractivity contribution in [3.63, 3.8) is 0 Å². The molecule has 0 aromatic heterocycles. The maximum absolute atomic E-state index is 11.7. The number of rotatable bonds is 15. The lowest BCUT2D eigenvalue weighted by Crippen LogP contribution is -2.24. The van der Waals surface area contributed by atoms with Crippen molar-refractivity contribution in [2.45, 2.75) is 89.9 Å². The minimum absolute atomic E-state index is 0.281. The molecule has 1 amide bonds. The highest BCUT2D eigenvalue weighted by Gasteiger charge is 2.22. The van der Waals surface area contributed by atoms with E-state index in [0.717, 1.165) is 25.7 Å². The number of carbonyl (C=O) groups is 1. The van der Waals surface area contributed by atoms with Crippen LogP contribution in [0.5, 0.6) is 0 Å². The van der Waals surface area contributed by atoms with Gasteiger partial charge < -0.3 is 5.32 Å². The van der Waals surface area contributed by atoms with Gasteiger partial charge in [0.25, 0.3) is 0 Å². The molecular weight excluding hydrogens is 306 g/mol. The molecule has 0 aromatic rings. The summed E-state index contributed by atoms with van der Waals surface area (Å²) in [5.74, 6) is -0.281. The van der Waals surface area contributed by atoms with Crippen LogP contribution in [0.4, 0.5) is 0 Å². The summed E-state index contributed by atoms with van der Waals surface area (Å²) in [6.07, 6.45) is 23.0. The van der Waals surface area contributed by atoms with Crippen LogP contribution in [-0.2, 0) is 4.79 Å². The van der Waals surface area contributed by atoms with Gasteiger partial charge in [0.15, 0.2) is 0 Å². The van der Waals surface area contributed by atoms with Gasteiger partial charge in [-0.15, -0.1) is 0 Å². The fourth-order valence-electron chi connectivity index (χ4n) is 2.29. The van der Waals surface area contributed by atoms with Gasteiger partial charge >= 0.3 is 0 Å². The fourth-order valence-corrected chi connectivity index (χ4v) is 2.29. The third kappa shape index (κ3) is 15.7. The Morgan fingerprint density at radius 3 is 1.92 bits per heavy atom. The van der Waals surface area contributed by atoms with Crippen molar-refractivity contribution in [2.24, 2.45) is 0 Å². The van der Waals surface area contributed by atoms with Gasteiger partial charge in [-0.1, -0.05) is 68.4 Å². The number of allylic oxidation sites excluding steroid dienone is 8. The lowest BCUT2D eigenvalue weighted by Gasteiger charge is -2.00. The SMILES string of the molecule is [2H]C1([2H])C(NC(=O)CCC/C=C\C/C=C\C/C=C\C/C=C\CCCCC)C1([2H])[2H]. The monoisotopic (exact) mass is 347 g/mol. The number of hydrogen-bond acceptors (Lipinski definition) is 1. The second-order valence-electron chi connectivity index (χ2n) is 6.27. The van der Waals surface area contributed by atoms with Crippen LogP contribution in [-0.4, -0.2) is 11.9 Å². The Morgan fingerprint density at radius 2 is 1.40 bits per heavy atom. The van der Waals surface area contributed by atoms with Gasteiger partial charge in [-0.2, -0.15) is 0 Å². The van der Waals surface area contributed by atoms with Crippen LogP contribution in [0.3, 0.4) is 0 Å². The van der Waals surface area contributed by atoms with E-state index in [9.17, 15) is 4.79 Å². The molecule has 1 rings (SSSR count). The summed E-state index contributed by atoms with van der Waals surface area (Å²) in [7, 11) is 0. The number of amides is 1. The average molecular weight is 348 g/mol. The molecule has 2 heteroatoms. The molecule has 1 aliphatic rings. The fraction of sp³-hybridized carbons (Fsp3) is 0.609. The van der Waals surface area contributed by atoms with E-state index < -0.39 is 18.8 Å². The summed E-state index contributed by atoms with van der Waals surface area (Å²) in [4.78, 5) is 11.7. The summed E-state index contributed by atoms with van der Waals surface area (Å²) in [6.45, 7) is 2.22. The highest BCUT2D eigenvalue weighted by molar-refractivity contribution is 5.76. The molecule has 0 atom stereocenters. The van der Waals surface area contributed by atoms with Crippen molar-refractivity contribution in [2.75, 3.05) is 0 Å². The second-order valence-corrected chi connectivity index (χ2v) is 6.27. The van der Waals surface area contributed by atoms with Gasteiger partial charge in [-0.05, 0) is 57.7 Å². The van der Waals surface area contributed by atoms with Crippen molar-refractivity contribution in [1.82, 2.24) is 5.32 Å². The molecule has 0 aromatic carbocycles. The molecule has 1 fully saturated rings. The van der Waals surface area contributed by atoms with E-state index in [0.29, 0.717) is 12.8 Å².